The molecule has 0 spiro atoms. The molecule has 3 rings (SSSR count). The zero-order chi connectivity index (χ0) is 22.2. The molecule has 0 saturated heterocycles. The lowest BCUT2D eigenvalue weighted by Gasteiger charge is -2.26. The fourth-order valence-corrected chi connectivity index (χ4v) is 4.24. The number of amides is 2. The van der Waals surface area contributed by atoms with Gasteiger partial charge >= 0.3 is 6.16 Å². The molecule has 0 aromatic heterocycles. The molecule has 0 radical (unpaired) electrons. The van der Waals surface area contributed by atoms with Crippen LogP contribution in [0.4, 0.5) is 10.5 Å². The van der Waals surface area contributed by atoms with Crippen LogP contribution in [0.1, 0.15) is 22.3 Å². The van der Waals surface area contributed by atoms with E-state index in [0.717, 1.165) is 18.1 Å². The zero-order valence-corrected chi connectivity index (χ0v) is 16.8. The van der Waals surface area contributed by atoms with Crippen LogP contribution in [0.25, 0.3) is 0 Å². The van der Waals surface area contributed by atoms with E-state index in [0.29, 0.717) is 11.1 Å². The summed E-state index contributed by atoms with van der Waals surface area (Å²) in [6.45, 7) is 1.59. The molecule has 160 valence electrons. The molecule has 4 N–H and O–H groups in total. The molecule has 0 saturated carbocycles. The van der Waals surface area contributed by atoms with Crippen LogP contribution in [0.5, 0.6) is 5.75 Å². The van der Waals surface area contributed by atoms with E-state index in [4.69, 9.17) is 10.5 Å². The summed E-state index contributed by atoms with van der Waals surface area (Å²) in [7, 11) is -3.62. The highest BCUT2D eigenvalue weighted by atomic mass is 32.2. The number of nitrogens with one attached hydrogen (secondary N) is 1. The van der Waals surface area contributed by atoms with Crippen LogP contribution in [0.2, 0.25) is 0 Å². The van der Waals surface area contributed by atoms with Crippen LogP contribution in [0, 0.1) is 6.92 Å². The Hall–Kier alpha value is -3.38. The van der Waals surface area contributed by atoms with Crippen molar-refractivity contribution in [1.82, 2.24) is 4.90 Å². The zero-order valence-electron chi connectivity index (χ0n) is 16.0. The van der Waals surface area contributed by atoms with Gasteiger partial charge in [0.1, 0.15) is 0 Å². The van der Waals surface area contributed by atoms with Crippen molar-refractivity contribution in [3.63, 3.8) is 0 Å². The Morgan fingerprint density at radius 3 is 2.67 bits per heavy atom. The van der Waals surface area contributed by atoms with Crippen molar-refractivity contribution in [2.75, 3.05) is 12.4 Å². The molecule has 2 atom stereocenters. The number of carbonyl (C=O) groups is 3. The summed E-state index contributed by atoms with van der Waals surface area (Å²) in [5, 5.41) is 1.00. The smallest absolute Gasteiger partial charge is 0.437 e. The number of methoxy groups -OCH3 is 1. The Morgan fingerprint density at radius 1 is 1.37 bits per heavy atom. The third-order valence-corrected chi connectivity index (χ3v) is 5.77. The van der Waals surface area contributed by atoms with Crippen molar-refractivity contribution in [3.05, 3.63) is 47.2 Å². The number of benzene rings is 1. The average molecular weight is 437 g/mol. The highest BCUT2D eigenvalue weighted by molar-refractivity contribution is 7.86. The van der Waals surface area contributed by atoms with E-state index in [1.807, 2.05) is 0 Å². The molecule has 30 heavy (non-hydrogen) atoms. The molecular formula is C18H19N3O8S. The number of ether oxygens (including phenoxy) is 2. The number of fused-ring (bicyclic) bond motifs is 2. The number of hydrogen-bond donors (Lipinski definition) is 3. The number of aryl methyl sites for hydroxylation is 1. The van der Waals surface area contributed by atoms with Crippen LogP contribution in [-0.2, 0) is 19.6 Å². The Labute approximate surface area is 171 Å². The maximum atomic E-state index is 13.2. The van der Waals surface area contributed by atoms with Gasteiger partial charge in [-0.2, -0.15) is 8.42 Å². The Bertz CT molecular complexity index is 1090. The van der Waals surface area contributed by atoms with Crippen LogP contribution in [0.15, 0.2) is 36.1 Å². The molecule has 2 amide bonds. The molecule has 2 heterocycles. The van der Waals surface area contributed by atoms with Gasteiger partial charge in [-0.05, 0) is 30.5 Å². The fraction of sp³-hybridized carbons (Fsp3) is 0.278. The molecule has 11 nitrogen and oxygen atoms in total. The lowest BCUT2D eigenvalue weighted by atomic mass is 10.1. The van der Waals surface area contributed by atoms with Gasteiger partial charge in [-0.25, -0.2) is 4.79 Å². The quantitative estimate of drug-likeness (QED) is 0.269. The largest absolute Gasteiger partial charge is 0.513 e. The Balaban J connectivity index is 2.15. The maximum absolute atomic E-state index is 13.2. The van der Waals surface area contributed by atoms with Gasteiger partial charge in [-0.1, -0.05) is 12.1 Å². The van der Waals surface area contributed by atoms with Gasteiger partial charge in [0.05, 0.1) is 24.4 Å². The number of carbonyl (C=O) groups excluding carboxylic acids is 3. The molecule has 2 aliphatic heterocycles. The van der Waals surface area contributed by atoms with E-state index in [2.05, 4.69) is 10.1 Å². The van der Waals surface area contributed by atoms with Crippen LogP contribution in [0.3, 0.4) is 0 Å². The minimum atomic E-state index is -4.71. The summed E-state index contributed by atoms with van der Waals surface area (Å²) in [4.78, 5) is 36.9. The molecule has 2 unspecified atom stereocenters. The van der Waals surface area contributed by atoms with E-state index in [9.17, 15) is 27.4 Å². The van der Waals surface area contributed by atoms with Gasteiger partial charge in [-0.15, -0.1) is 0 Å². The number of allylic oxidation sites excluding steroid dienone is 1. The minimum absolute atomic E-state index is 0.0204. The van der Waals surface area contributed by atoms with E-state index < -0.39 is 39.5 Å². The fourth-order valence-electron chi connectivity index (χ4n) is 3.34. The van der Waals surface area contributed by atoms with Crippen molar-refractivity contribution in [1.29, 1.82) is 0 Å². The van der Waals surface area contributed by atoms with E-state index in [1.54, 1.807) is 6.92 Å². The standard InChI is InChI=1S/C18H19N3O8S/c1-9-3-5-11-14(15(9)29-18(24)28-2)20-16(30(25,26)27)12-7-10(4-6-13(19)22)8-21(12)17(11)23/h3-6,8,12,16,20H,7H2,1-2H3,(H2,19,22)(H,25,26,27). The predicted molar refractivity (Wildman–Crippen MR) is 104 cm³/mol. The van der Waals surface area contributed by atoms with Crippen LogP contribution in [-0.4, -0.2) is 54.4 Å². The first-order valence-electron chi connectivity index (χ1n) is 8.66. The molecule has 0 bridgehead atoms. The molecule has 1 aromatic rings. The predicted octanol–water partition coefficient (Wildman–Crippen LogP) is 0.920. The van der Waals surface area contributed by atoms with Crippen LogP contribution >= 0.6 is 0 Å². The first-order valence-corrected chi connectivity index (χ1v) is 10.2. The topological polar surface area (TPSA) is 165 Å². The number of rotatable bonds is 4. The van der Waals surface area contributed by atoms with Crippen molar-refractivity contribution >= 4 is 33.8 Å². The Kier molecular flexibility index (Phi) is 5.55. The molecule has 1 aromatic carbocycles. The summed E-state index contributed by atoms with van der Waals surface area (Å²) >= 11 is 0. The first kappa shape index (κ1) is 21.3. The average Bonchev–Trinajstić information content (AvgIpc) is 3.04. The second-order valence-electron chi connectivity index (χ2n) is 6.69. The van der Waals surface area contributed by atoms with E-state index in [1.165, 1.54) is 24.4 Å². The molecule has 0 fully saturated rings. The summed E-state index contributed by atoms with van der Waals surface area (Å²) in [6, 6.07) is 1.94. The number of primary amides is 1. The van der Waals surface area contributed by atoms with E-state index in [-0.39, 0.29) is 23.4 Å². The van der Waals surface area contributed by atoms with Crippen LogP contribution < -0.4 is 15.8 Å². The summed E-state index contributed by atoms with van der Waals surface area (Å²) < 4.78 is 43.7. The third-order valence-electron chi connectivity index (χ3n) is 4.70. The molecule has 12 heteroatoms. The summed E-state index contributed by atoms with van der Waals surface area (Å²) in [5.74, 6) is -1.40. The van der Waals surface area contributed by atoms with Gasteiger partial charge in [0.2, 0.25) is 5.91 Å². The van der Waals surface area contributed by atoms with Gasteiger partial charge in [-0.3, -0.25) is 14.1 Å². The molecule has 0 aliphatic carbocycles. The highest BCUT2D eigenvalue weighted by Crippen LogP contribution is 2.40. The monoisotopic (exact) mass is 437 g/mol. The molecule has 2 aliphatic rings. The number of hydrogen-bond acceptors (Lipinski definition) is 8. The maximum Gasteiger partial charge on any atom is 0.513 e. The first-order chi connectivity index (χ1) is 14.0. The SMILES string of the molecule is COC(=O)Oc1c(C)ccc2c1NC(S(=O)(=O)O)C1CC(C=CC(N)=O)=CN1C2=O. The van der Waals surface area contributed by atoms with Gasteiger partial charge < -0.3 is 25.4 Å². The van der Waals surface area contributed by atoms with Crippen molar-refractivity contribution in [2.45, 2.75) is 24.8 Å². The number of nitrogens with two attached hydrogens (primary N) is 1. The van der Waals surface area contributed by atoms with Crippen molar-refractivity contribution < 1.29 is 36.8 Å². The summed E-state index contributed by atoms with van der Waals surface area (Å²) in [6.07, 6.45) is 2.79. The number of anilines is 1. The third kappa shape index (κ3) is 4.00. The van der Waals surface area contributed by atoms with E-state index >= 15 is 0 Å². The molecular weight excluding hydrogens is 418 g/mol. The lowest BCUT2D eigenvalue weighted by Crippen LogP contribution is -2.46. The highest BCUT2D eigenvalue weighted by Gasteiger charge is 2.45. The summed E-state index contributed by atoms with van der Waals surface area (Å²) in [5.41, 5.74) is 5.92. The van der Waals surface area contributed by atoms with Crippen molar-refractivity contribution in [3.8, 4) is 5.75 Å². The normalized spacial score (nSPS) is 20.7. The minimum Gasteiger partial charge on any atom is -0.437 e. The second kappa shape index (κ2) is 7.80. The second-order valence-corrected chi connectivity index (χ2v) is 8.23. The van der Waals surface area contributed by atoms with Gasteiger partial charge in [0, 0.05) is 12.3 Å². The number of nitrogens with zero attached hydrogens (tertiary/aromatic N) is 1. The van der Waals surface area contributed by atoms with Gasteiger partial charge in [0.15, 0.2) is 11.1 Å². The Morgan fingerprint density at radius 2 is 2.07 bits per heavy atom. The van der Waals surface area contributed by atoms with Gasteiger partial charge in [0.25, 0.3) is 16.0 Å². The van der Waals surface area contributed by atoms with Crippen molar-refractivity contribution in [2.24, 2.45) is 5.73 Å². The lowest BCUT2D eigenvalue weighted by molar-refractivity contribution is -0.113.